The summed E-state index contributed by atoms with van der Waals surface area (Å²) in [7, 11) is 0. The van der Waals surface area contributed by atoms with Crippen LogP contribution in [0.25, 0.3) is 0 Å². The van der Waals surface area contributed by atoms with E-state index in [1.807, 2.05) is 0 Å². The molecule has 1 aliphatic heterocycles. The largest absolute Gasteiger partial charge is 0.377 e. The Morgan fingerprint density at radius 3 is 2.95 bits per heavy atom. The molecular weight excluding hydrogens is 248 g/mol. The Hall–Kier alpha value is -0.900. The van der Waals surface area contributed by atoms with Crippen LogP contribution in [0, 0.1) is 6.92 Å². The zero-order chi connectivity index (χ0) is 14.5. The molecule has 0 saturated carbocycles. The summed E-state index contributed by atoms with van der Waals surface area (Å²) in [5.74, 6) is 0. The summed E-state index contributed by atoms with van der Waals surface area (Å²) < 4.78 is 5.77. The first-order valence-corrected chi connectivity index (χ1v) is 7.79. The van der Waals surface area contributed by atoms with Crippen LogP contribution in [0.1, 0.15) is 43.9 Å². The molecule has 0 amide bonds. The topological polar surface area (TPSA) is 38.5 Å². The van der Waals surface area contributed by atoms with Crippen LogP contribution >= 0.6 is 0 Å². The first kappa shape index (κ1) is 15.5. The van der Waals surface area contributed by atoms with Gasteiger partial charge in [-0.05, 0) is 32.3 Å². The SMILES string of the molecule is CCC(N)C(c1cccc(C)c1)N1CCCOC(C)C1. The van der Waals surface area contributed by atoms with Gasteiger partial charge in [0.25, 0.3) is 0 Å². The van der Waals surface area contributed by atoms with Gasteiger partial charge in [0.2, 0.25) is 0 Å². The van der Waals surface area contributed by atoms with Crippen molar-refractivity contribution in [2.24, 2.45) is 5.73 Å². The van der Waals surface area contributed by atoms with Crippen LogP contribution in [0.4, 0.5) is 0 Å². The second-order valence-electron chi connectivity index (χ2n) is 5.96. The average Bonchev–Trinajstić information content (AvgIpc) is 2.63. The number of hydrogen-bond acceptors (Lipinski definition) is 3. The molecule has 0 aliphatic carbocycles. The van der Waals surface area contributed by atoms with Gasteiger partial charge in [-0.2, -0.15) is 0 Å². The molecule has 1 fully saturated rings. The van der Waals surface area contributed by atoms with E-state index in [0.717, 1.165) is 32.5 Å². The molecule has 3 atom stereocenters. The van der Waals surface area contributed by atoms with Gasteiger partial charge in [0.1, 0.15) is 0 Å². The Kier molecular flexibility index (Phi) is 5.58. The highest BCUT2D eigenvalue weighted by Gasteiger charge is 2.28. The second-order valence-corrected chi connectivity index (χ2v) is 5.96. The number of hydrogen-bond donors (Lipinski definition) is 1. The Bertz CT molecular complexity index is 421. The van der Waals surface area contributed by atoms with Gasteiger partial charge in [-0.15, -0.1) is 0 Å². The van der Waals surface area contributed by atoms with E-state index < -0.39 is 0 Å². The Morgan fingerprint density at radius 2 is 2.25 bits per heavy atom. The zero-order valence-corrected chi connectivity index (χ0v) is 13.0. The van der Waals surface area contributed by atoms with E-state index in [1.165, 1.54) is 11.1 Å². The zero-order valence-electron chi connectivity index (χ0n) is 13.0. The maximum Gasteiger partial charge on any atom is 0.0674 e. The lowest BCUT2D eigenvalue weighted by Gasteiger charge is -2.35. The normalized spacial score (nSPS) is 24.1. The van der Waals surface area contributed by atoms with Gasteiger partial charge < -0.3 is 10.5 Å². The summed E-state index contributed by atoms with van der Waals surface area (Å²) in [6.45, 7) is 9.36. The fraction of sp³-hybridized carbons (Fsp3) is 0.647. The standard InChI is InChI=1S/C17H28N2O/c1-4-16(18)17(15-8-5-7-13(2)11-15)19-9-6-10-20-14(3)12-19/h5,7-8,11,14,16-17H,4,6,9-10,12,18H2,1-3H3. The van der Waals surface area contributed by atoms with Gasteiger partial charge in [-0.1, -0.05) is 36.8 Å². The quantitative estimate of drug-likeness (QED) is 0.919. The molecular formula is C17H28N2O. The van der Waals surface area contributed by atoms with Crippen LogP contribution < -0.4 is 5.73 Å². The monoisotopic (exact) mass is 276 g/mol. The van der Waals surface area contributed by atoms with Crippen LogP contribution in [0.3, 0.4) is 0 Å². The fourth-order valence-corrected chi connectivity index (χ4v) is 3.09. The van der Waals surface area contributed by atoms with Crippen molar-refractivity contribution in [1.29, 1.82) is 0 Å². The average molecular weight is 276 g/mol. The molecule has 0 spiro atoms. The van der Waals surface area contributed by atoms with Gasteiger partial charge >= 0.3 is 0 Å². The molecule has 2 rings (SSSR count). The number of nitrogens with two attached hydrogens (primary N) is 1. The summed E-state index contributed by atoms with van der Waals surface area (Å²) in [5, 5.41) is 0. The molecule has 2 N–H and O–H groups in total. The Labute approximate surface area is 123 Å². The van der Waals surface area contributed by atoms with Crippen LogP contribution in [0.2, 0.25) is 0 Å². The lowest BCUT2D eigenvalue weighted by Crippen LogP contribution is -2.43. The van der Waals surface area contributed by atoms with E-state index in [9.17, 15) is 0 Å². The van der Waals surface area contributed by atoms with Crippen LogP contribution in [0.5, 0.6) is 0 Å². The number of rotatable bonds is 4. The lowest BCUT2D eigenvalue weighted by atomic mass is 9.94. The molecule has 0 radical (unpaired) electrons. The predicted octanol–water partition coefficient (Wildman–Crippen LogP) is 2.88. The molecule has 20 heavy (non-hydrogen) atoms. The first-order chi connectivity index (χ1) is 9.61. The van der Waals surface area contributed by atoms with Crippen molar-refractivity contribution in [2.75, 3.05) is 19.7 Å². The summed E-state index contributed by atoms with van der Waals surface area (Å²) in [6, 6.07) is 9.23. The molecule has 112 valence electrons. The maximum atomic E-state index is 6.44. The predicted molar refractivity (Wildman–Crippen MR) is 83.8 cm³/mol. The summed E-state index contributed by atoms with van der Waals surface area (Å²) in [6.07, 6.45) is 2.36. The van der Waals surface area contributed by atoms with Crippen LogP contribution in [-0.4, -0.2) is 36.7 Å². The molecule has 1 saturated heterocycles. The van der Waals surface area contributed by atoms with Gasteiger partial charge in [0, 0.05) is 31.8 Å². The van der Waals surface area contributed by atoms with E-state index in [-0.39, 0.29) is 12.1 Å². The molecule has 1 aromatic rings. The smallest absolute Gasteiger partial charge is 0.0674 e. The third-order valence-electron chi connectivity index (χ3n) is 4.14. The minimum absolute atomic E-state index is 0.169. The van der Waals surface area contributed by atoms with Crippen molar-refractivity contribution < 1.29 is 4.74 Å². The number of benzene rings is 1. The van der Waals surface area contributed by atoms with Crippen molar-refractivity contribution in [3.8, 4) is 0 Å². The molecule has 3 heteroatoms. The number of nitrogens with zero attached hydrogens (tertiary/aromatic N) is 1. The van der Waals surface area contributed by atoms with Crippen LogP contribution in [0.15, 0.2) is 24.3 Å². The number of aryl methyl sites for hydroxylation is 1. The molecule has 1 heterocycles. The Morgan fingerprint density at radius 1 is 1.45 bits per heavy atom. The fourth-order valence-electron chi connectivity index (χ4n) is 3.09. The van der Waals surface area contributed by atoms with Crippen molar-refractivity contribution in [3.63, 3.8) is 0 Å². The van der Waals surface area contributed by atoms with E-state index in [2.05, 4.69) is 49.9 Å². The summed E-state index contributed by atoms with van der Waals surface area (Å²) in [5.41, 5.74) is 9.09. The second kappa shape index (κ2) is 7.21. The van der Waals surface area contributed by atoms with Gasteiger partial charge in [0.05, 0.1) is 6.10 Å². The van der Waals surface area contributed by atoms with E-state index >= 15 is 0 Å². The molecule has 0 bridgehead atoms. The minimum Gasteiger partial charge on any atom is -0.377 e. The highest BCUT2D eigenvalue weighted by molar-refractivity contribution is 5.26. The van der Waals surface area contributed by atoms with Crippen molar-refractivity contribution in [3.05, 3.63) is 35.4 Å². The Balaban J connectivity index is 2.26. The highest BCUT2D eigenvalue weighted by atomic mass is 16.5. The van der Waals surface area contributed by atoms with Crippen LogP contribution in [-0.2, 0) is 4.74 Å². The van der Waals surface area contributed by atoms with Crippen molar-refractivity contribution in [2.45, 2.75) is 51.8 Å². The van der Waals surface area contributed by atoms with Crippen molar-refractivity contribution >= 4 is 0 Å². The van der Waals surface area contributed by atoms with E-state index in [0.29, 0.717) is 6.04 Å². The van der Waals surface area contributed by atoms with Gasteiger partial charge in [-0.3, -0.25) is 4.90 Å². The third kappa shape index (κ3) is 3.81. The summed E-state index contributed by atoms with van der Waals surface area (Å²) >= 11 is 0. The molecule has 0 aromatic heterocycles. The highest BCUT2D eigenvalue weighted by Crippen LogP contribution is 2.27. The molecule has 3 nitrogen and oxygen atoms in total. The minimum atomic E-state index is 0.169. The molecule has 1 aliphatic rings. The molecule has 3 unspecified atom stereocenters. The summed E-state index contributed by atoms with van der Waals surface area (Å²) in [4.78, 5) is 2.51. The maximum absolute atomic E-state index is 6.44. The lowest BCUT2D eigenvalue weighted by molar-refractivity contribution is 0.0575. The van der Waals surface area contributed by atoms with Gasteiger partial charge in [-0.25, -0.2) is 0 Å². The molecule has 1 aromatic carbocycles. The van der Waals surface area contributed by atoms with Crippen molar-refractivity contribution in [1.82, 2.24) is 4.90 Å². The first-order valence-electron chi connectivity index (χ1n) is 7.79. The number of ether oxygens (including phenoxy) is 1. The van der Waals surface area contributed by atoms with Gasteiger partial charge in [0.15, 0.2) is 0 Å². The van der Waals surface area contributed by atoms with E-state index in [1.54, 1.807) is 0 Å². The van der Waals surface area contributed by atoms with E-state index in [4.69, 9.17) is 10.5 Å². The third-order valence-corrected chi connectivity index (χ3v) is 4.14.